The first-order valence-corrected chi connectivity index (χ1v) is 6.95. The Morgan fingerprint density at radius 1 is 1.38 bits per heavy atom. The van der Waals surface area contributed by atoms with E-state index in [0.29, 0.717) is 6.04 Å². The highest BCUT2D eigenvalue weighted by atomic mass is 32.2. The molecule has 0 amide bonds. The molecule has 0 spiro atoms. The van der Waals surface area contributed by atoms with Crippen LogP contribution in [0.4, 0.5) is 0 Å². The van der Waals surface area contributed by atoms with Crippen molar-refractivity contribution in [2.75, 3.05) is 12.8 Å². The fourth-order valence-electron chi connectivity index (χ4n) is 1.56. The van der Waals surface area contributed by atoms with Crippen LogP contribution >= 0.6 is 11.8 Å². The second-order valence-corrected chi connectivity index (χ2v) is 4.82. The lowest BCUT2D eigenvalue weighted by molar-refractivity contribution is 0.636. The zero-order valence-corrected chi connectivity index (χ0v) is 11.4. The van der Waals surface area contributed by atoms with Crippen LogP contribution in [0.25, 0.3) is 6.08 Å². The lowest BCUT2D eigenvalue weighted by atomic mass is 10.1. The third-order valence-electron chi connectivity index (χ3n) is 2.70. The molecule has 1 rings (SSSR count). The average molecular weight is 235 g/mol. The number of benzene rings is 1. The molecule has 0 radical (unpaired) electrons. The van der Waals surface area contributed by atoms with Crippen molar-refractivity contribution in [2.45, 2.75) is 31.7 Å². The van der Waals surface area contributed by atoms with Crippen LogP contribution in [-0.2, 0) is 0 Å². The summed E-state index contributed by atoms with van der Waals surface area (Å²) in [5.74, 6) is 0. The largest absolute Gasteiger partial charge is 0.311 e. The molecular formula is C14H21NS. The van der Waals surface area contributed by atoms with Crippen LogP contribution in [0.3, 0.4) is 0 Å². The van der Waals surface area contributed by atoms with Gasteiger partial charge >= 0.3 is 0 Å². The van der Waals surface area contributed by atoms with E-state index in [4.69, 9.17) is 0 Å². The van der Waals surface area contributed by atoms with Crippen LogP contribution < -0.4 is 5.32 Å². The Kier molecular flexibility index (Phi) is 5.64. The van der Waals surface area contributed by atoms with Crippen molar-refractivity contribution in [1.82, 2.24) is 5.32 Å². The van der Waals surface area contributed by atoms with E-state index < -0.39 is 0 Å². The van der Waals surface area contributed by atoms with Crippen molar-refractivity contribution in [1.29, 1.82) is 0 Å². The van der Waals surface area contributed by atoms with Gasteiger partial charge in [0.05, 0.1) is 0 Å². The van der Waals surface area contributed by atoms with E-state index in [9.17, 15) is 0 Å². The number of hydrogen-bond donors (Lipinski definition) is 1. The van der Waals surface area contributed by atoms with Crippen molar-refractivity contribution in [3.63, 3.8) is 0 Å². The van der Waals surface area contributed by atoms with Gasteiger partial charge < -0.3 is 5.32 Å². The molecule has 16 heavy (non-hydrogen) atoms. The standard InChI is InChI=1S/C14H21NS/c1-5-15-12(3)11(2)10-13-6-8-14(16-4)9-7-13/h6-10,12,15H,5H2,1-4H3/b11-10+. The molecule has 0 aliphatic carbocycles. The van der Waals surface area contributed by atoms with Gasteiger partial charge in [-0.05, 0) is 44.3 Å². The molecule has 1 nitrogen and oxygen atoms in total. The van der Waals surface area contributed by atoms with Gasteiger partial charge in [0.15, 0.2) is 0 Å². The zero-order chi connectivity index (χ0) is 12.0. The summed E-state index contributed by atoms with van der Waals surface area (Å²) in [6.45, 7) is 7.52. The van der Waals surface area contributed by atoms with Crippen LogP contribution in [0.1, 0.15) is 26.3 Å². The second-order valence-electron chi connectivity index (χ2n) is 3.94. The third kappa shape index (κ3) is 4.03. The maximum atomic E-state index is 3.42. The first-order valence-electron chi connectivity index (χ1n) is 5.73. The maximum Gasteiger partial charge on any atom is 0.0251 e. The van der Waals surface area contributed by atoms with Crippen LogP contribution in [0.2, 0.25) is 0 Å². The third-order valence-corrected chi connectivity index (χ3v) is 3.45. The number of thioether (sulfide) groups is 1. The molecule has 0 bridgehead atoms. The highest BCUT2D eigenvalue weighted by molar-refractivity contribution is 7.98. The fourth-order valence-corrected chi connectivity index (χ4v) is 1.96. The molecule has 0 aliphatic heterocycles. The van der Waals surface area contributed by atoms with Crippen molar-refractivity contribution < 1.29 is 0 Å². The van der Waals surface area contributed by atoms with Crippen molar-refractivity contribution in [3.8, 4) is 0 Å². The van der Waals surface area contributed by atoms with Crippen LogP contribution in [-0.4, -0.2) is 18.8 Å². The normalized spacial score (nSPS) is 13.9. The smallest absolute Gasteiger partial charge is 0.0251 e. The predicted octanol–water partition coefficient (Wildman–Crippen LogP) is 3.81. The summed E-state index contributed by atoms with van der Waals surface area (Å²) in [4.78, 5) is 1.31. The summed E-state index contributed by atoms with van der Waals surface area (Å²) in [6.07, 6.45) is 4.35. The summed E-state index contributed by atoms with van der Waals surface area (Å²) in [7, 11) is 0. The van der Waals surface area contributed by atoms with Gasteiger partial charge in [0.25, 0.3) is 0 Å². The summed E-state index contributed by atoms with van der Waals surface area (Å²) in [5.41, 5.74) is 2.65. The van der Waals surface area contributed by atoms with E-state index in [1.807, 2.05) is 0 Å². The van der Waals surface area contributed by atoms with Gasteiger partial charge in [-0.3, -0.25) is 0 Å². The van der Waals surface area contributed by atoms with Gasteiger partial charge in [0, 0.05) is 10.9 Å². The number of likely N-dealkylation sites (N-methyl/N-ethyl adjacent to an activating group) is 1. The summed E-state index contributed by atoms with van der Waals surface area (Å²) in [5, 5.41) is 3.42. The van der Waals surface area contributed by atoms with E-state index in [1.54, 1.807) is 11.8 Å². The molecule has 1 aromatic carbocycles. The summed E-state index contributed by atoms with van der Waals surface area (Å²) >= 11 is 1.78. The van der Waals surface area contributed by atoms with Gasteiger partial charge in [0.2, 0.25) is 0 Å². The molecule has 1 atom stereocenters. The van der Waals surface area contributed by atoms with Crippen LogP contribution in [0, 0.1) is 0 Å². The topological polar surface area (TPSA) is 12.0 Å². The minimum Gasteiger partial charge on any atom is -0.311 e. The SMILES string of the molecule is CCNC(C)/C(C)=C/c1ccc(SC)cc1. The Labute approximate surface area is 103 Å². The van der Waals surface area contributed by atoms with E-state index in [-0.39, 0.29) is 0 Å². The lowest BCUT2D eigenvalue weighted by Crippen LogP contribution is -2.26. The van der Waals surface area contributed by atoms with Gasteiger partial charge in [-0.1, -0.05) is 30.7 Å². The summed E-state index contributed by atoms with van der Waals surface area (Å²) in [6, 6.07) is 9.14. The van der Waals surface area contributed by atoms with Crippen molar-refractivity contribution >= 4 is 17.8 Å². The number of rotatable bonds is 5. The lowest BCUT2D eigenvalue weighted by Gasteiger charge is -2.13. The monoisotopic (exact) mass is 235 g/mol. The maximum absolute atomic E-state index is 3.42. The van der Waals surface area contributed by atoms with Gasteiger partial charge in [-0.15, -0.1) is 11.8 Å². The molecule has 0 heterocycles. The Balaban J connectivity index is 2.73. The minimum atomic E-state index is 0.449. The summed E-state index contributed by atoms with van der Waals surface area (Å²) < 4.78 is 0. The molecule has 1 N–H and O–H groups in total. The molecule has 0 aromatic heterocycles. The Bertz CT molecular complexity index is 340. The van der Waals surface area contributed by atoms with Crippen LogP contribution in [0.5, 0.6) is 0 Å². The van der Waals surface area contributed by atoms with Crippen LogP contribution in [0.15, 0.2) is 34.7 Å². The van der Waals surface area contributed by atoms with E-state index in [1.165, 1.54) is 16.0 Å². The molecule has 2 heteroatoms. The average Bonchev–Trinajstić information content (AvgIpc) is 2.30. The van der Waals surface area contributed by atoms with Crippen molar-refractivity contribution in [3.05, 3.63) is 35.4 Å². The molecule has 1 aromatic rings. The number of hydrogen-bond acceptors (Lipinski definition) is 2. The molecule has 0 saturated heterocycles. The fraction of sp³-hybridized carbons (Fsp3) is 0.429. The molecule has 0 aliphatic rings. The quantitative estimate of drug-likeness (QED) is 0.779. The molecule has 88 valence electrons. The van der Waals surface area contributed by atoms with E-state index in [0.717, 1.165) is 6.54 Å². The first-order chi connectivity index (χ1) is 7.67. The molecule has 1 unspecified atom stereocenters. The Morgan fingerprint density at radius 3 is 2.50 bits per heavy atom. The highest BCUT2D eigenvalue weighted by Gasteiger charge is 2.01. The van der Waals surface area contributed by atoms with Gasteiger partial charge in [0.1, 0.15) is 0 Å². The second kappa shape index (κ2) is 6.77. The molecule has 0 fully saturated rings. The Morgan fingerprint density at radius 2 is 2.00 bits per heavy atom. The van der Waals surface area contributed by atoms with Gasteiger partial charge in [-0.2, -0.15) is 0 Å². The zero-order valence-electron chi connectivity index (χ0n) is 10.6. The minimum absolute atomic E-state index is 0.449. The van der Waals surface area contributed by atoms with E-state index in [2.05, 4.69) is 62.7 Å². The van der Waals surface area contributed by atoms with E-state index >= 15 is 0 Å². The Hall–Kier alpha value is -0.730. The van der Waals surface area contributed by atoms with Crippen molar-refractivity contribution in [2.24, 2.45) is 0 Å². The highest BCUT2D eigenvalue weighted by Crippen LogP contribution is 2.17. The first kappa shape index (κ1) is 13.3. The molecule has 0 saturated carbocycles. The van der Waals surface area contributed by atoms with Gasteiger partial charge in [-0.25, -0.2) is 0 Å². The number of nitrogens with one attached hydrogen (secondary N) is 1. The predicted molar refractivity (Wildman–Crippen MR) is 75.0 cm³/mol. The molecular weight excluding hydrogens is 214 g/mol.